The zero-order chi connectivity index (χ0) is 24.4. The summed E-state index contributed by atoms with van der Waals surface area (Å²) in [7, 11) is 1.58. The van der Waals surface area contributed by atoms with E-state index in [1.807, 2.05) is 29.2 Å². The van der Waals surface area contributed by atoms with Crippen molar-refractivity contribution in [3.63, 3.8) is 0 Å². The van der Waals surface area contributed by atoms with E-state index in [4.69, 9.17) is 26.8 Å². The van der Waals surface area contributed by atoms with Gasteiger partial charge in [0, 0.05) is 36.8 Å². The van der Waals surface area contributed by atoms with Gasteiger partial charge in [-0.05, 0) is 61.4 Å². The number of carbonyl (C=O) groups excluding carboxylic acids is 1. The van der Waals surface area contributed by atoms with Crippen LogP contribution in [0.15, 0.2) is 42.6 Å². The number of pyridine rings is 1. The summed E-state index contributed by atoms with van der Waals surface area (Å²) >= 11 is 6.46. The lowest BCUT2D eigenvalue weighted by Crippen LogP contribution is -2.38. The first-order valence-electron chi connectivity index (χ1n) is 11.9. The fourth-order valence-corrected chi connectivity index (χ4v) is 4.56. The predicted molar refractivity (Wildman–Crippen MR) is 134 cm³/mol. The quantitative estimate of drug-likeness (QED) is 0.513. The molecule has 0 bridgehead atoms. The van der Waals surface area contributed by atoms with Crippen LogP contribution < -0.4 is 15.2 Å². The molecule has 1 aliphatic carbocycles. The van der Waals surface area contributed by atoms with Gasteiger partial charge in [-0.25, -0.2) is 0 Å². The van der Waals surface area contributed by atoms with Gasteiger partial charge < -0.3 is 20.1 Å². The third kappa shape index (κ3) is 5.32. The number of carbonyl (C=O) groups is 1. The maximum absolute atomic E-state index is 13.2. The molecule has 35 heavy (non-hydrogen) atoms. The lowest BCUT2D eigenvalue weighted by molar-refractivity contribution is 0.0705. The minimum absolute atomic E-state index is 0.112. The average molecular weight is 494 g/mol. The molecule has 182 valence electrons. The Hall–Kier alpha value is -3.39. The van der Waals surface area contributed by atoms with Crippen molar-refractivity contribution in [2.24, 2.45) is 5.92 Å². The number of nitrogen functional groups attached to an aromatic ring is 1. The van der Waals surface area contributed by atoms with Gasteiger partial charge in [0.15, 0.2) is 0 Å². The zero-order valence-electron chi connectivity index (χ0n) is 19.6. The number of likely N-dealkylation sites (tertiary alicyclic amines) is 1. The number of nitrogens with two attached hydrogens (primary N) is 1. The maximum Gasteiger partial charge on any atom is 0.272 e. The van der Waals surface area contributed by atoms with Crippen molar-refractivity contribution >= 4 is 23.3 Å². The third-order valence-electron chi connectivity index (χ3n) is 6.63. The van der Waals surface area contributed by atoms with Crippen molar-refractivity contribution in [3.8, 4) is 22.6 Å². The highest BCUT2D eigenvalue weighted by Crippen LogP contribution is 2.37. The molecule has 9 heteroatoms. The molecular formula is C26H28ClN5O3. The maximum atomic E-state index is 13.2. The van der Waals surface area contributed by atoms with E-state index in [0.717, 1.165) is 29.7 Å². The number of aromatic nitrogens is 3. The highest BCUT2D eigenvalue weighted by molar-refractivity contribution is 6.32. The summed E-state index contributed by atoms with van der Waals surface area (Å²) in [6.07, 6.45) is 5.73. The second-order valence-corrected chi connectivity index (χ2v) is 9.53. The van der Waals surface area contributed by atoms with E-state index in [0.29, 0.717) is 53.6 Å². The van der Waals surface area contributed by atoms with Crippen LogP contribution in [0.4, 0.5) is 5.82 Å². The van der Waals surface area contributed by atoms with Gasteiger partial charge in [-0.2, -0.15) is 5.10 Å². The van der Waals surface area contributed by atoms with Crippen molar-refractivity contribution in [1.29, 1.82) is 0 Å². The lowest BCUT2D eigenvalue weighted by atomic mass is 9.93. The average Bonchev–Trinajstić information content (AvgIpc) is 3.72. The number of anilines is 1. The summed E-state index contributed by atoms with van der Waals surface area (Å²) in [4.78, 5) is 19.4. The number of ether oxygens (including phenoxy) is 2. The van der Waals surface area contributed by atoms with Crippen molar-refractivity contribution < 1.29 is 14.3 Å². The van der Waals surface area contributed by atoms with Gasteiger partial charge in [-0.15, -0.1) is 5.10 Å². The standard InChI is InChI=1S/C26H28ClN5O3/c1-34-24-13-22(26(33)32-10-8-17(9-11-32)21-5-7-25(28)31-30-21)29-14-19(24)18-4-6-23(20(27)12-18)35-15-16-2-3-16/h4-7,12-14,16-17H,2-3,8-11,15H2,1H3,(H2,28,31). The molecule has 0 unspecified atom stereocenters. The van der Waals surface area contributed by atoms with E-state index < -0.39 is 0 Å². The van der Waals surface area contributed by atoms with E-state index >= 15 is 0 Å². The number of piperidine rings is 1. The minimum atomic E-state index is -0.112. The van der Waals surface area contributed by atoms with Gasteiger partial charge in [0.25, 0.3) is 5.91 Å². The molecule has 0 spiro atoms. The molecule has 3 aromatic rings. The molecule has 2 fully saturated rings. The molecule has 1 saturated carbocycles. The number of hydrogen-bond acceptors (Lipinski definition) is 7. The Morgan fingerprint density at radius 1 is 1.09 bits per heavy atom. The summed E-state index contributed by atoms with van der Waals surface area (Å²) in [5.74, 6) is 2.45. The van der Waals surface area contributed by atoms with E-state index in [1.165, 1.54) is 12.8 Å². The fraction of sp³-hybridized carbons (Fsp3) is 0.385. The van der Waals surface area contributed by atoms with Crippen LogP contribution in [0.1, 0.15) is 47.8 Å². The number of halogens is 1. The first-order chi connectivity index (χ1) is 17.0. The third-order valence-corrected chi connectivity index (χ3v) is 6.92. The Bertz CT molecular complexity index is 1210. The number of nitrogens with zero attached hydrogens (tertiary/aromatic N) is 4. The smallest absolute Gasteiger partial charge is 0.272 e. The molecule has 5 rings (SSSR count). The van der Waals surface area contributed by atoms with Gasteiger partial charge >= 0.3 is 0 Å². The molecule has 2 aromatic heterocycles. The second kappa shape index (κ2) is 10.1. The van der Waals surface area contributed by atoms with Gasteiger partial charge in [0.05, 0.1) is 24.4 Å². The Morgan fingerprint density at radius 2 is 1.89 bits per heavy atom. The highest BCUT2D eigenvalue weighted by Gasteiger charge is 2.27. The monoisotopic (exact) mass is 493 g/mol. The highest BCUT2D eigenvalue weighted by atomic mass is 35.5. The second-order valence-electron chi connectivity index (χ2n) is 9.12. The van der Waals surface area contributed by atoms with Crippen molar-refractivity contribution in [3.05, 3.63) is 59.0 Å². The van der Waals surface area contributed by atoms with Crippen LogP contribution in [-0.4, -0.2) is 52.8 Å². The molecule has 1 saturated heterocycles. The van der Waals surface area contributed by atoms with E-state index in [2.05, 4.69) is 15.2 Å². The van der Waals surface area contributed by atoms with Crippen LogP contribution in [0, 0.1) is 5.92 Å². The van der Waals surface area contributed by atoms with Gasteiger partial charge in [-0.1, -0.05) is 17.7 Å². The predicted octanol–water partition coefficient (Wildman–Crippen LogP) is 4.59. The van der Waals surface area contributed by atoms with E-state index in [1.54, 1.807) is 25.4 Å². The summed E-state index contributed by atoms with van der Waals surface area (Å²) in [5, 5.41) is 8.68. The summed E-state index contributed by atoms with van der Waals surface area (Å²) in [6, 6.07) is 11.0. The number of rotatable bonds is 7. The van der Waals surface area contributed by atoms with E-state index in [9.17, 15) is 4.79 Å². The first kappa shape index (κ1) is 23.4. The fourth-order valence-electron chi connectivity index (χ4n) is 4.33. The molecule has 1 aromatic carbocycles. The molecule has 2 N–H and O–H groups in total. The largest absolute Gasteiger partial charge is 0.496 e. The van der Waals surface area contributed by atoms with Gasteiger partial charge in [0.2, 0.25) is 0 Å². The number of methoxy groups -OCH3 is 1. The molecule has 0 atom stereocenters. The normalized spacial score (nSPS) is 16.2. The van der Waals surface area contributed by atoms with Crippen LogP contribution >= 0.6 is 11.6 Å². The molecular weight excluding hydrogens is 466 g/mol. The summed E-state index contributed by atoms with van der Waals surface area (Å²) in [5.41, 5.74) is 8.52. The molecule has 3 heterocycles. The number of amides is 1. The summed E-state index contributed by atoms with van der Waals surface area (Å²) in [6.45, 7) is 1.95. The number of benzene rings is 1. The summed E-state index contributed by atoms with van der Waals surface area (Å²) < 4.78 is 11.4. The first-order valence-corrected chi connectivity index (χ1v) is 12.2. The molecule has 1 amide bonds. The Morgan fingerprint density at radius 3 is 2.54 bits per heavy atom. The van der Waals surface area contributed by atoms with Crippen LogP contribution in [-0.2, 0) is 0 Å². The van der Waals surface area contributed by atoms with Crippen LogP contribution in [0.25, 0.3) is 11.1 Å². The molecule has 0 radical (unpaired) electrons. The molecule has 8 nitrogen and oxygen atoms in total. The van der Waals surface area contributed by atoms with Crippen molar-refractivity contribution in [2.45, 2.75) is 31.6 Å². The van der Waals surface area contributed by atoms with Crippen molar-refractivity contribution in [2.75, 3.05) is 32.5 Å². The zero-order valence-corrected chi connectivity index (χ0v) is 20.4. The lowest BCUT2D eigenvalue weighted by Gasteiger charge is -2.31. The topological polar surface area (TPSA) is 103 Å². The molecule has 1 aliphatic heterocycles. The van der Waals surface area contributed by atoms with Crippen LogP contribution in [0.3, 0.4) is 0 Å². The number of hydrogen-bond donors (Lipinski definition) is 1. The Labute approximate surface area is 209 Å². The van der Waals surface area contributed by atoms with Crippen molar-refractivity contribution in [1.82, 2.24) is 20.1 Å². The van der Waals surface area contributed by atoms with Gasteiger partial charge in [0.1, 0.15) is 23.0 Å². The SMILES string of the molecule is COc1cc(C(=O)N2CCC(c3ccc(N)nn3)CC2)ncc1-c1ccc(OCC2CC2)c(Cl)c1. The molecule has 2 aliphatic rings. The van der Waals surface area contributed by atoms with Crippen LogP contribution in [0.5, 0.6) is 11.5 Å². The Kier molecular flexibility index (Phi) is 6.72. The van der Waals surface area contributed by atoms with Gasteiger partial charge in [-0.3, -0.25) is 9.78 Å². The Balaban J connectivity index is 1.27. The van der Waals surface area contributed by atoms with E-state index in [-0.39, 0.29) is 11.8 Å². The van der Waals surface area contributed by atoms with Crippen LogP contribution in [0.2, 0.25) is 5.02 Å². The minimum Gasteiger partial charge on any atom is -0.496 e.